The smallest absolute Gasteiger partial charge is 0.307 e. The van der Waals surface area contributed by atoms with Crippen molar-refractivity contribution in [1.29, 1.82) is 0 Å². The van der Waals surface area contributed by atoms with E-state index in [1.165, 1.54) is 7.11 Å². The van der Waals surface area contributed by atoms with Gasteiger partial charge in [-0.3, -0.25) is 9.59 Å². The summed E-state index contributed by atoms with van der Waals surface area (Å²) in [5.41, 5.74) is 0. The van der Waals surface area contributed by atoms with E-state index in [2.05, 4.69) is 23.5 Å². The SMILES string of the molecule is CCN(CC)CCN(CCC(=O)OC)C(=O)COc1ccccc1OC. The van der Waals surface area contributed by atoms with Crippen molar-refractivity contribution in [2.45, 2.75) is 20.3 Å². The summed E-state index contributed by atoms with van der Waals surface area (Å²) in [6.07, 6.45) is 0.162. The van der Waals surface area contributed by atoms with Crippen LogP contribution in [0.4, 0.5) is 0 Å². The third-order valence-corrected chi connectivity index (χ3v) is 4.17. The highest BCUT2D eigenvalue weighted by atomic mass is 16.5. The predicted molar refractivity (Wildman–Crippen MR) is 99.5 cm³/mol. The third kappa shape index (κ3) is 7.31. The highest BCUT2D eigenvalue weighted by Gasteiger charge is 2.17. The number of carbonyl (C=O) groups excluding carboxylic acids is 2. The van der Waals surface area contributed by atoms with E-state index in [0.717, 1.165) is 19.6 Å². The fourth-order valence-electron chi connectivity index (χ4n) is 2.46. The van der Waals surface area contributed by atoms with Crippen molar-refractivity contribution < 1.29 is 23.8 Å². The Balaban J connectivity index is 2.67. The van der Waals surface area contributed by atoms with Gasteiger partial charge >= 0.3 is 5.97 Å². The molecule has 0 aliphatic heterocycles. The quantitative estimate of drug-likeness (QED) is 0.526. The molecule has 0 spiro atoms. The van der Waals surface area contributed by atoms with Crippen LogP contribution >= 0.6 is 0 Å². The summed E-state index contributed by atoms with van der Waals surface area (Å²) >= 11 is 0. The molecule has 1 aromatic carbocycles. The number of hydrogen-bond donors (Lipinski definition) is 0. The van der Waals surface area contributed by atoms with E-state index < -0.39 is 0 Å². The molecule has 26 heavy (non-hydrogen) atoms. The number of esters is 1. The first-order valence-corrected chi connectivity index (χ1v) is 8.88. The molecule has 0 radical (unpaired) electrons. The lowest BCUT2D eigenvalue weighted by Crippen LogP contribution is -2.42. The van der Waals surface area contributed by atoms with Crippen LogP contribution in [0.25, 0.3) is 0 Å². The van der Waals surface area contributed by atoms with Crippen LogP contribution in [0, 0.1) is 0 Å². The molecule has 0 heterocycles. The summed E-state index contributed by atoms with van der Waals surface area (Å²) in [6, 6.07) is 7.17. The van der Waals surface area contributed by atoms with Crippen molar-refractivity contribution in [3.05, 3.63) is 24.3 Å². The van der Waals surface area contributed by atoms with E-state index in [-0.39, 0.29) is 24.9 Å². The molecule has 0 aliphatic carbocycles. The lowest BCUT2D eigenvalue weighted by atomic mass is 10.3. The monoisotopic (exact) mass is 366 g/mol. The number of rotatable bonds is 12. The molecular formula is C19H30N2O5. The molecule has 1 amide bonds. The Morgan fingerprint density at radius 1 is 0.962 bits per heavy atom. The van der Waals surface area contributed by atoms with Crippen LogP contribution < -0.4 is 9.47 Å². The number of methoxy groups -OCH3 is 2. The lowest BCUT2D eigenvalue weighted by Gasteiger charge is -2.26. The van der Waals surface area contributed by atoms with Crippen LogP contribution in [-0.2, 0) is 14.3 Å². The van der Waals surface area contributed by atoms with Gasteiger partial charge in [-0.1, -0.05) is 26.0 Å². The molecule has 0 bridgehead atoms. The van der Waals surface area contributed by atoms with Gasteiger partial charge in [0.15, 0.2) is 18.1 Å². The molecule has 0 unspecified atom stereocenters. The lowest BCUT2D eigenvalue weighted by molar-refractivity contribution is -0.142. The van der Waals surface area contributed by atoms with Crippen LogP contribution in [0.1, 0.15) is 20.3 Å². The number of hydrogen-bond acceptors (Lipinski definition) is 6. The number of ether oxygens (including phenoxy) is 3. The Labute approximate surface area is 155 Å². The Bertz CT molecular complexity index is 561. The van der Waals surface area contributed by atoms with Crippen LogP contribution in [0.2, 0.25) is 0 Å². The second-order valence-corrected chi connectivity index (χ2v) is 5.67. The summed E-state index contributed by atoms with van der Waals surface area (Å²) in [5.74, 6) is 0.577. The number of likely N-dealkylation sites (N-methyl/N-ethyl adjacent to an activating group) is 1. The van der Waals surface area contributed by atoms with Gasteiger partial charge in [-0.05, 0) is 25.2 Å². The van der Waals surface area contributed by atoms with Gasteiger partial charge in [0.05, 0.1) is 20.6 Å². The standard InChI is InChI=1S/C19H30N2O5/c1-5-20(6-2)13-14-21(12-11-19(23)25-4)18(22)15-26-17-10-8-7-9-16(17)24-3/h7-10H,5-6,11-15H2,1-4H3. The molecule has 0 atom stereocenters. The van der Waals surface area contributed by atoms with Crippen LogP contribution in [0.5, 0.6) is 11.5 Å². The average Bonchev–Trinajstić information content (AvgIpc) is 2.68. The van der Waals surface area contributed by atoms with E-state index in [0.29, 0.717) is 24.6 Å². The molecular weight excluding hydrogens is 336 g/mol. The van der Waals surface area contributed by atoms with Crippen molar-refractivity contribution in [1.82, 2.24) is 9.80 Å². The maximum atomic E-state index is 12.6. The maximum Gasteiger partial charge on any atom is 0.307 e. The molecule has 0 N–H and O–H groups in total. The first kappa shape index (κ1) is 21.8. The van der Waals surface area contributed by atoms with Crippen molar-refractivity contribution in [3.8, 4) is 11.5 Å². The average molecular weight is 366 g/mol. The van der Waals surface area contributed by atoms with Crippen LogP contribution in [0.15, 0.2) is 24.3 Å². The number of carbonyl (C=O) groups is 2. The summed E-state index contributed by atoms with van der Waals surface area (Å²) in [5, 5.41) is 0. The molecule has 1 rings (SSSR count). The fraction of sp³-hybridized carbons (Fsp3) is 0.579. The van der Waals surface area contributed by atoms with Gasteiger partial charge in [0.1, 0.15) is 0 Å². The van der Waals surface area contributed by atoms with Gasteiger partial charge in [0.25, 0.3) is 5.91 Å². The second-order valence-electron chi connectivity index (χ2n) is 5.67. The first-order chi connectivity index (χ1) is 12.5. The molecule has 0 aliphatic rings. The van der Waals surface area contributed by atoms with Gasteiger partial charge in [0, 0.05) is 19.6 Å². The van der Waals surface area contributed by atoms with Gasteiger partial charge in [-0.25, -0.2) is 0 Å². The van der Waals surface area contributed by atoms with E-state index in [1.807, 2.05) is 12.1 Å². The zero-order valence-corrected chi connectivity index (χ0v) is 16.2. The minimum atomic E-state index is -0.337. The van der Waals surface area contributed by atoms with Crippen molar-refractivity contribution >= 4 is 11.9 Å². The summed E-state index contributed by atoms with van der Waals surface area (Å²) < 4.78 is 15.5. The Morgan fingerprint density at radius 2 is 1.62 bits per heavy atom. The van der Waals surface area contributed by atoms with Crippen molar-refractivity contribution in [3.63, 3.8) is 0 Å². The molecule has 7 heteroatoms. The molecule has 146 valence electrons. The zero-order valence-electron chi connectivity index (χ0n) is 16.2. The summed E-state index contributed by atoms with van der Waals surface area (Å²) in [4.78, 5) is 27.9. The second kappa shape index (κ2) is 12.1. The molecule has 0 saturated heterocycles. The van der Waals surface area contributed by atoms with Crippen molar-refractivity contribution in [2.24, 2.45) is 0 Å². The third-order valence-electron chi connectivity index (χ3n) is 4.17. The molecule has 7 nitrogen and oxygen atoms in total. The maximum absolute atomic E-state index is 12.6. The summed E-state index contributed by atoms with van der Waals surface area (Å²) in [7, 11) is 2.89. The summed E-state index contributed by atoms with van der Waals surface area (Å²) in [6.45, 7) is 7.45. The molecule has 1 aromatic rings. The highest BCUT2D eigenvalue weighted by molar-refractivity contribution is 5.78. The minimum Gasteiger partial charge on any atom is -0.493 e. The normalized spacial score (nSPS) is 10.5. The topological polar surface area (TPSA) is 68.3 Å². The molecule has 0 fully saturated rings. The van der Waals surface area contributed by atoms with E-state index in [4.69, 9.17) is 9.47 Å². The Morgan fingerprint density at radius 3 is 2.19 bits per heavy atom. The van der Waals surface area contributed by atoms with Gasteiger partial charge in [-0.2, -0.15) is 0 Å². The van der Waals surface area contributed by atoms with E-state index in [1.54, 1.807) is 24.1 Å². The number of para-hydroxylation sites is 2. The number of benzene rings is 1. The Hall–Kier alpha value is -2.28. The van der Waals surface area contributed by atoms with E-state index >= 15 is 0 Å². The highest BCUT2D eigenvalue weighted by Crippen LogP contribution is 2.25. The largest absolute Gasteiger partial charge is 0.493 e. The predicted octanol–water partition coefficient (Wildman–Crippen LogP) is 1.81. The van der Waals surface area contributed by atoms with E-state index in [9.17, 15) is 9.59 Å². The van der Waals surface area contributed by atoms with Gasteiger partial charge in [-0.15, -0.1) is 0 Å². The first-order valence-electron chi connectivity index (χ1n) is 8.88. The minimum absolute atomic E-state index is 0.111. The zero-order chi connectivity index (χ0) is 19.4. The van der Waals surface area contributed by atoms with Crippen LogP contribution in [-0.4, -0.2) is 75.2 Å². The van der Waals surface area contributed by atoms with Gasteiger partial charge in [0.2, 0.25) is 0 Å². The Kier molecular flexibility index (Phi) is 10.2. The van der Waals surface area contributed by atoms with Crippen molar-refractivity contribution in [2.75, 3.05) is 53.6 Å². The van der Waals surface area contributed by atoms with Crippen LogP contribution in [0.3, 0.4) is 0 Å². The van der Waals surface area contributed by atoms with Gasteiger partial charge < -0.3 is 24.0 Å². The number of nitrogens with zero attached hydrogens (tertiary/aromatic N) is 2. The molecule has 0 aromatic heterocycles. The molecule has 0 saturated carbocycles. The fourth-order valence-corrected chi connectivity index (χ4v) is 2.46. The number of amides is 1.